The van der Waals surface area contributed by atoms with E-state index < -0.39 is 0 Å². The van der Waals surface area contributed by atoms with Gasteiger partial charge >= 0.3 is 6.09 Å². The molecule has 0 aromatic carbocycles. The van der Waals surface area contributed by atoms with Gasteiger partial charge in [0.25, 0.3) is 0 Å². The number of ether oxygens (including phenoxy) is 1. The second-order valence-corrected chi connectivity index (χ2v) is 4.25. The second kappa shape index (κ2) is 3.77. The molecule has 1 amide bonds. The van der Waals surface area contributed by atoms with Gasteiger partial charge in [0.2, 0.25) is 0 Å². The predicted octanol–water partition coefficient (Wildman–Crippen LogP) is 1.13. The van der Waals surface area contributed by atoms with Crippen molar-refractivity contribution in [2.45, 2.75) is 50.9 Å². The molecule has 2 fully saturated rings. The SMILES string of the molecule is C[C@@H]1[C@@H](O)CN1C(=O)OC1CCCC1. The molecule has 1 aliphatic heterocycles. The summed E-state index contributed by atoms with van der Waals surface area (Å²) in [6.07, 6.45) is 3.81. The fraction of sp³-hybridized carbons (Fsp3) is 0.900. The molecule has 4 heteroatoms. The molecule has 2 aliphatic rings. The van der Waals surface area contributed by atoms with Crippen LogP contribution in [0.25, 0.3) is 0 Å². The summed E-state index contributed by atoms with van der Waals surface area (Å²) in [5.41, 5.74) is 0. The first-order valence-corrected chi connectivity index (χ1v) is 5.34. The summed E-state index contributed by atoms with van der Waals surface area (Å²) in [5.74, 6) is 0. The minimum absolute atomic E-state index is 0.0797. The lowest BCUT2D eigenvalue weighted by Crippen LogP contribution is -2.61. The number of aliphatic hydroxyl groups is 1. The van der Waals surface area contributed by atoms with E-state index >= 15 is 0 Å². The summed E-state index contributed by atoms with van der Waals surface area (Å²) >= 11 is 0. The van der Waals surface area contributed by atoms with Crippen LogP contribution in [0.3, 0.4) is 0 Å². The number of aliphatic hydroxyl groups excluding tert-OH is 1. The molecule has 0 unspecified atom stereocenters. The van der Waals surface area contributed by atoms with E-state index in [4.69, 9.17) is 4.74 Å². The summed E-state index contributed by atoms with van der Waals surface area (Å²) in [6.45, 7) is 2.26. The fourth-order valence-electron chi connectivity index (χ4n) is 2.05. The number of β-amino-alcohol motifs (C(OH)–C–C–N with tert-alkyl or cyclic N) is 1. The van der Waals surface area contributed by atoms with Crippen molar-refractivity contribution in [1.82, 2.24) is 4.90 Å². The van der Waals surface area contributed by atoms with Gasteiger partial charge in [-0.05, 0) is 32.6 Å². The minimum Gasteiger partial charge on any atom is -0.446 e. The largest absolute Gasteiger partial charge is 0.446 e. The molecule has 1 saturated carbocycles. The van der Waals surface area contributed by atoms with Crippen LogP contribution in [-0.4, -0.2) is 40.9 Å². The van der Waals surface area contributed by atoms with Crippen LogP contribution in [0.2, 0.25) is 0 Å². The predicted molar refractivity (Wildman–Crippen MR) is 50.9 cm³/mol. The van der Waals surface area contributed by atoms with Crippen LogP contribution in [0, 0.1) is 0 Å². The van der Waals surface area contributed by atoms with Gasteiger partial charge in [0.15, 0.2) is 0 Å². The van der Waals surface area contributed by atoms with E-state index in [-0.39, 0.29) is 24.3 Å². The van der Waals surface area contributed by atoms with E-state index in [9.17, 15) is 9.90 Å². The van der Waals surface area contributed by atoms with E-state index in [1.54, 1.807) is 4.90 Å². The molecule has 1 N–H and O–H groups in total. The molecule has 14 heavy (non-hydrogen) atoms. The maximum atomic E-state index is 11.5. The molecule has 2 atom stereocenters. The van der Waals surface area contributed by atoms with Crippen molar-refractivity contribution in [1.29, 1.82) is 0 Å². The average molecular weight is 199 g/mol. The molecule has 4 nitrogen and oxygen atoms in total. The van der Waals surface area contributed by atoms with Gasteiger partial charge in [-0.15, -0.1) is 0 Å². The molecular formula is C10H17NO3. The van der Waals surface area contributed by atoms with Crippen molar-refractivity contribution in [3.05, 3.63) is 0 Å². The highest BCUT2D eigenvalue weighted by Crippen LogP contribution is 2.24. The smallest absolute Gasteiger partial charge is 0.410 e. The molecule has 0 aromatic rings. The number of carbonyl (C=O) groups is 1. The lowest BCUT2D eigenvalue weighted by atomic mass is 10.0. The third-order valence-corrected chi connectivity index (χ3v) is 3.24. The lowest BCUT2D eigenvalue weighted by molar-refractivity contribution is -0.0533. The highest BCUT2D eigenvalue weighted by Gasteiger charge is 2.39. The zero-order chi connectivity index (χ0) is 10.1. The molecule has 1 aliphatic carbocycles. The quantitative estimate of drug-likeness (QED) is 0.688. The van der Waals surface area contributed by atoms with Crippen LogP contribution in [0.5, 0.6) is 0 Å². The zero-order valence-electron chi connectivity index (χ0n) is 8.48. The van der Waals surface area contributed by atoms with Gasteiger partial charge in [-0.1, -0.05) is 0 Å². The van der Waals surface area contributed by atoms with Crippen molar-refractivity contribution in [3.63, 3.8) is 0 Å². The Bertz CT molecular complexity index is 225. The topological polar surface area (TPSA) is 49.8 Å². The van der Waals surface area contributed by atoms with Crippen LogP contribution in [-0.2, 0) is 4.74 Å². The Morgan fingerprint density at radius 2 is 2.07 bits per heavy atom. The third kappa shape index (κ3) is 1.71. The Morgan fingerprint density at radius 3 is 2.57 bits per heavy atom. The molecule has 0 radical (unpaired) electrons. The van der Waals surface area contributed by atoms with E-state index in [1.807, 2.05) is 6.92 Å². The summed E-state index contributed by atoms with van der Waals surface area (Å²) in [6, 6.07) is -0.0797. The van der Waals surface area contributed by atoms with Crippen molar-refractivity contribution in [2.75, 3.05) is 6.54 Å². The number of carbonyl (C=O) groups excluding carboxylic acids is 1. The summed E-state index contributed by atoms with van der Waals surface area (Å²) in [4.78, 5) is 13.1. The van der Waals surface area contributed by atoms with E-state index in [0.29, 0.717) is 6.54 Å². The van der Waals surface area contributed by atoms with E-state index in [2.05, 4.69) is 0 Å². The summed E-state index contributed by atoms with van der Waals surface area (Å²) in [5, 5.41) is 9.25. The summed E-state index contributed by atoms with van der Waals surface area (Å²) in [7, 11) is 0. The first-order valence-electron chi connectivity index (χ1n) is 5.34. The standard InChI is InChI=1S/C10H17NO3/c1-7-9(12)6-11(7)10(13)14-8-4-2-3-5-8/h7-9,12H,2-6H2,1H3/t7-,9+/m1/s1. The van der Waals surface area contributed by atoms with Crippen molar-refractivity contribution in [3.8, 4) is 0 Å². The molecule has 80 valence electrons. The fourth-order valence-corrected chi connectivity index (χ4v) is 2.05. The molecule has 0 aromatic heterocycles. The number of amides is 1. The van der Waals surface area contributed by atoms with Gasteiger partial charge in [0.05, 0.1) is 18.7 Å². The van der Waals surface area contributed by atoms with Crippen molar-refractivity contribution >= 4 is 6.09 Å². The van der Waals surface area contributed by atoms with Crippen LogP contribution in [0.15, 0.2) is 0 Å². The van der Waals surface area contributed by atoms with E-state index in [1.165, 1.54) is 0 Å². The van der Waals surface area contributed by atoms with Crippen molar-refractivity contribution in [2.24, 2.45) is 0 Å². The summed E-state index contributed by atoms with van der Waals surface area (Å²) < 4.78 is 5.31. The van der Waals surface area contributed by atoms with Crippen LogP contribution < -0.4 is 0 Å². The van der Waals surface area contributed by atoms with E-state index in [0.717, 1.165) is 25.7 Å². The monoisotopic (exact) mass is 199 g/mol. The Morgan fingerprint density at radius 1 is 1.43 bits per heavy atom. The Hall–Kier alpha value is -0.770. The Kier molecular flexibility index (Phi) is 2.63. The lowest BCUT2D eigenvalue weighted by Gasteiger charge is -2.42. The number of nitrogens with zero attached hydrogens (tertiary/aromatic N) is 1. The second-order valence-electron chi connectivity index (χ2n) is 4.25. The van der Waals surface area contributed by atoms with Gasteiger partial charge in [-0.25, -0.2) is 4.79 Å². The van der Waals surface area contributed by atoms with Crippen LogP contribution >= 0.6 is 0 Å². The average Bonchev–Trinajstić information content (AvgIpc) is 2.65. The third-order valence-electron chi connectivity index (χ3n) is 3.24. The molecular weight excluding hydrogens is 182 g/mol. The number of hydrogen-bond donors (Lipinski definition) is 1. The number of rotatable bonds is 1. The highest BCUT2D eigenvalue weighted by atomic mass is 16.6. The van der Waals surface area contributed by atoms with Crippen LogP contribution in [0.1, 0.15) is 32.6 Å². The number of likely N-dealkylation sites (tertiary alicyclic amines) is 1. The molecule has 1 saturated heterocycles. The first-order chi connectivity index (χ1) is 6.68. The van der Waals surface area contributed by atoms with Gasteiger partial charge in [0, 0.05) is 0 Å². The molecule has 2 rings (SSSR count). The number of hydrogen-bond acceptors (Lipinski definition) is 3. The van der Waals surface area contributed by atoms with Gasteiger partial charge in [0.1, 0.15) is 6.10 Å². The minimum atomic E-state index is -0.369. The molecule has 1 heterocycles. The van der Waals surface area contributed by atoms with Crippen LogP contribution in [0.4, 0.5) is 4.79 Å². The van der Waals surface area contributed by atoms with Gasteiger partial charge < -0.3 is 14.7 Å². The molecule has 0 spiro atoms. The maximum Gasteiger partial charge on any atom is 0.410 e. The maximum absolute atomic E-state index is 11.5. The first kappa shape index (κ1) is 9.77. The Balaban J connectivity index is 1.78. The van der Waals surface area contributed by atoms with Gasteiger partial charge in [-0.2, -0.15) is 0 Å². The zero-order valence-corrected chi connectivity index (χ0v) is 8.48. The van der Waals surface area contributed by atoms with Gasteiger partial charge in [-0.3, -0.25) is 0 Å². The normalized spacial score (nSPS) is 32.9. The highest BCUT2D eigenvalue weighted by molar-refractivity contribution is 5.69. The van der Waals surface area contributed by atoms with Crippen molar-refractivity contribution < 1.29 is 14.6 Å². The molecule has 0 bridgehead atoms. The Labute approximate surface area is 83.8 Å².